The first-order valence-electron chi connectivity index (χ1n) is 10.6. The Hall–Kier alpha value is -2.27. The minimum atomic E-state index is -3.28. The molecule has 11 heteroatoms. The van der Waals surface area contributed by atoms with Crippen molar-refractivity contribution in [2.24, 2.45) is 0 Å². The van der Waals surface area contributed by atoms with E-state index in [0.717, 1.165) is 30.0 Å². The normalized spacial score (nSPS) is 25.1. The molecule has 0 spiro atoms. The quantitative estimate of drug-likeness (QED) is 0.599. The topological polar surface area (TPSA) is 113 Å². The van der Waals surface area contributed by atoms with Gasteiger partial charge >= 0.3 is 6.09 Å². The average Bonchev–Trinajstić information content (AvgIpc) is 3.41. The molecule has 2 atom stereocenters. The van der Waals surface area contributed by atoms with E-state index >= 15 is 0 Å². The Balaban J connectivity index is 1.19. The molecular weight excluding hydrogens is 455 g/mol. The van der Waals surface area contributed by atoms with Crippen LogP contribution >= 0.6 is 11.8 Å². The molecule has 3 heterocycles. The third-order valence-corrected chi connectivity index (χ3v) is 9.45. The van der Waals surface area contributed by atoms with Crippen molar-refractivity contribution in [3.63, 3.8) is 0 Å². The molecule has 8 nitrogen and oxygen atoms in total. The van der Waals surface area contributed by atoms with Crippen LogP contribution in [0.25, 0.3) is 0 Å². The highest BCUT2D eigenvalue weighted by Crippen LogP contribution is 2.37. The zero-order valence-corrected chi connectivity index (χ0v) is 19.2. The van der Waals surface area contributed by atoms with E-state index in [2.05, 4.69) is 20.8 Å². The number of H-pyrrole nitrogens is 1. The van der Waals surface area contributed by atoms with Crippen molar-refractivity contribution in [2.75, 3.05) is 16.8 Å². The molecule has 0 radical (unpaired) electrons. The molecule has 3 N–H and O–H groups in total. The Morgan fingerprint density at radius 1 is 1.31 bits per heavy atom. The lowest BCUT2D eigenvalue weighted by Crippen LogP contribution is -2.56. The van der Waals surface area contributed by atoms with Crippen molar-refractivity contribution in [3.05, 3.63) is 40.8 Å². The minimum absolute atomic E-state index is 0.118. The Morgan fingerprint density at radius 2 is 2.12 bits per heavy atom. The fourth-order valence-electron chi connectivity index (χ4n) is 4.54. The van der Waals surface area contributed by atoms with Gasteiger partial charge in [0.15, 0.2) is 21.5 Å². The van der Waals surface area contributed by atoms with E-state index in [0.29, 0.717) is 17.8 Å². The second-order valence-corrected chi connectivity index (χ2v) is 12.2. The van der Waals surface area contributed by atoms with Gasteiger partial charge in [0, 0.05) is 34.7 Å². The number of rotatable bonds is 5. The third-order valence-electron chi connectivity index (χ3n) is 6.28. The van der Waals surface area contributed by atoms with Gasteiger partial charge in [-0.3, -0.25) is 5.10 Å². The van der Waals surface area contributed by atoms with Crippen LogP contribution in [0, 0.1) is 5.82 Å². The summed E-state index contributed by atoms with van der Waals surface area (Å²) in [5.74, 6) is 1.49. The number of anilines is 2. The summed E-state index contributed by atoms with van der Waals surface area (Å²) in [6, 6.07) is 5.01. The molecule has 1 saturated heterocycles. The number of halogens is 1. The van der Waals surface area contributed by atoms with Gasteiger partial charge in [-0.2, -0.15) is 16.9 Å². The average molecular weight is 481 g/mol. The van der Waals surface area contributed by atoms with Crippen LogP contribution in [0.1, 0.15) is 48.9 Å². The zero-order valence-electron chi connectivity index (χ0n) is 17.6. The van der Waals surface area contributed by atoms with Crippen molar-refractivity contribution in [1.82, 2.24) is 15.5 Å². The number of aromatic amines is 1. The molecule has 172 valence electrons. The number of sulfone groups is 1. The lowest BCUT2D eigenvalue weighted by molar-refractivity contribution is 0.0935. The summed E-state index contributed by atoms with van der Waals surface area (Å²) in [7, 11) is -3.28. The molecule has 5 rings (SSSR count). The molecule has 1 aromatic heterocycles. The van der Waals surface area contributed by atoms with Crippen LogP contribution in [0.15, 0.2) is 18.2 Å². The van der Waals surface area contributed by atoms with Crippen LogP contribution in [0.2, 0.25) is 0 Å². The highest BCUT2D eigenvalue weighted by Gasteiger charge is 2.36. The number of ether oxygens (including phenoxy) is 1. The predicted octanol–water partition coefficient (Wildman–Crippen LogP) is 3.59. The van der Waals surface area contributed by atoms with Crippen LogP contribution in [-0.2, 0) is 26.1 Å². The summed E-state index contributed by atoms with van der Waals surface area (Å²) in [5, 5.41) is 13.1. The Kier molecular flexibility index (Phi) is 5.36. The molecule has 2 aromatic rings. The van der Waals surface area contributed by atoms with Crippen molar-refractivity contribution in [3.8, 4) is 0 Å². The largest absolute Gasteiger partial charge is 0.446 e. The van der Waals surface area contributed by atoms with E-state index in [1.54, 1.807) is 23.9 Å². The number of hydrogen-bond donors (Lipinski definition) is 3. The highest BCUT2D eigenvalue weighted by molar-refractivity contribution is 8.00. The fourth-order valence-corrected chi connectivity index (χ4v) is 7.10. The van der Waals surface area contributed by atoms with E-state index in [4.69, 9.17) is 4.74 Å². The summed E-state index contributed by atoms with van der Waals surface area (Å²) in [6.07, 6.45) is 1.83. The van der Waals surface area contributed by atoms with Gasteiger partial charge in [-0.05, 0) is 37.8 Å². The molecule has 1 aromatic carbocycles. The minimum Gasteiger partial charge on any atom is -0.446 e. The fraction of sp³-hybridized carbons (Fsp3) is 0.524. The van der Waals surface area contributed by atoms with E-state index in [9.17, 15) is 17.6 Å². The monoisotopic (exact) mass is 480 g/mol. The smallest absolute Gasteiger partial charge is 0.407 e. The third kappa shape index (κ3) is 4.32. The number of aromatic nitrogens is 2. The summed E-state index contributed by atoms with van der Waals surface area (Å²) in [5.41, 5.74) is 1.67. The number of alkyl carbamates (subject to hydrolysis) is 1. The second-order valence-electron chi connectivity index (χ2n) is 9.15. The summed E-state index contributed by atoms with van der Waals surface area (Å²) < 4.78 is 44.0. The Bertz CT molecular complexity index is 1160. The van der Waals surface area contributed by atoms with Gasteiger partial charge in [-0.1, -0.05) is 6.07 Å². The SMILES string of the molecule is CC1(NC(=O)O[C@@H]2CC[C@H](c3cc(Nc4ccc5c(c4F)CS(=O)(=O)C5)n[nH]3)C2)CSC1. The molecule has 0 unspecified atom stereocenters. The van der Waals surface area contributed by atoms with Gasteiger partial charge in [0.1, 0.15) is 6.10 Å². The van der Waals surface area contributed by atoms with Crippen molar-refractivity contribution < 1.29 is 22.3 Å². The Morgan fingerprint density at radius 3 is 2.88 bits per heavy atom. The first kappa shape index (κ1) is 21.6. The van der Waals surface area contributed by atoms with Crippen LogP contribution in [0.3, 0.4) is 0 Å². The molecule has 1 amide bonds. The standard InChI is InChI=1S/C21H25FN4O4S2/c1-21(10-31-11-21)24-20(27)30-14-4-2-12(6-14)17-7-18(26-25-17)23-16-5-3-13-8-32(28,29)9-15(13)19(16)22/h3,5,7,12,14H,2,4,6,8-11H2,1H3,(H,24,27)(H2,23,25,26)/t12-,14+/m0/s1. The number of benzene rings is 1. The molecule has 0 bridgehead atoms. The van der Waals surface area contributed by atoms with Crippen LogP contribution in [-0.4, -0.2) is 47.9 Å². The Labute approximate surface area is 190 Å². The number of carbonyl (C=O) groups is 1. The van der Waals surface area contributed by atoms with E-state index in [-0.39, 0.29) is 46.4 Å². The maximum Gasteiger partial charge on any atom is 0.407 e. The van der Waals surface area contributed by atoms with E-state index in [1.807, 2.05) is 13.0 Å². The molecule has 32 heavy (non-hydrogen) atoms. The molecule has 3 aliphatic rings. The predicted molar refractivity (Wildman–Crippen MR) is 120 cm³/mol. The highest BCUT2D eigenvalue weighted by atomic mass is 32.2. The number of nitrogens with one attached hydrogen (secondary N) is 3. The molecular formula is C21H25FN4O4S2. The summed E-state index contributed by atoms with van der Waals surface area (Å²) in [4.78, 5) is 12.2. The van der Waals surface area contributed by atoms with E-state index < -0.39 is 15.7 Å². The van der Waals surface area contributed by atoms with Crippen molar-refractivity contribution in [2.45, 2.75) is 55.3 Å². The lowest BCUT2D eigenvalue weighted by Gasteiger charge is -2.38. The van der Waals surface area contributed by atoms with E-state index in [1.165, 1.54) is 0 Å². The number of carbonyl (C=O) groups excluding carboxylic acids is 1. The van der Waals surface area contributed by atoms with Crippen LogP contribution in [0.4, 0.5) is 20.7 Å². The first-order chi connectivity index (χ1) is 15.2. The first-order valence-corrected chi connectivity index (χ1v) is 13.6. The van der Waals surface area contributed by atoms with Crippen molar-refractivity contribution in [1.29, 1.82) is 0 Å². The zero-order chi connectivity index (χ0) is 22.5. The van der Waals surface area contributed by atoms with Gasteiger partial charge < -0.3 is 15.4 Å². The van der Waals surface area contributed by atoms with Crippen molar-refractivity contribution >= 4 is 39.2 Å². The van der Waals surface area contributed by atoms with Gasteiger partial charge in [0.05, 0.1) is 22.7 Å². The second kappa shape index (κ2) is 7.95. The lowest BCUT2D eigenvalue weighted by atomic mass is 10.0. The van der Waals surface area contributed by atoms with Gasteiger partial charge in [-0.15, -0.1) is 0 Å². The summed E-state index contributed by atoms with van der Waals surface area (Å²) >= 11 is 1.80. The molecule has 1 saturated carbocycles. The number of thioether (sulfide) groups is 1. The van der Waals surface area contributed by atoms with Gasteiger partial charge in [-0.25, -0.2) is 17.6 Å². The molecule has 2 aliphatic heterocycles. The van der Waals surface area contributed by atoms with Gasteiger partial charge in [0.25, 0.3) is 0 Å². The maximum atomic E-state index is 14.8. The number of hydrogen-bond acceptors (Lipinski definition) is 7. The number of fused-ring (bicyclic) bond motifs is 1. The molecule has 2 fully saturated rings. The van der Waals surface area contributed by atoms with Crippen LogP contribution < -0.4 is 10.6 Å². The summed E-state index contributed by atoms with van der Waals surface area (Å²) in [6.45, 7) is 2.02. The van der Waals surface area contributed by atoms with Crippen LogP contribution in [0.5, 0.6) is 0 Å². The van der Waals surface area contributed by atoms with Gasteiger partial charge in [0.2, 0.25) is 0 Å². The molecule has 1 aliphatic carbocycles. The maximum absolute atomic E-state index is 14.8. The number of amides is 1. The number of nitrogens with zero attached hydrogens (tertiary/aromatic N) is 1.